The molecule has 0 saturated heterocycles. The Morgan fingerprint density at radius 1 is 1.21 bits per heavy atom. The fraction of sp³-hybridized carbons (Fsp3) is 0.625. The number of nitrogen functional groups attached to an aromatic ring is 1. The number of ether oxygens (including phenoxy) is 2. The van der Waals surface area contributed by atoms with Crippen LogP contribution in [0.3, 0.4) is 0 Å². The Bertz CT molecular complexity index is 417. The predicted octanol–water partition coefficient (Wildman–Crippen LogP) is 4.01. The minimum absolute atomic E-state index is 0.117. The van der Waals surface area contributed by atoms with Gasteiger partial charge >= 0.3 is 0 Å². The second-order valence-corrected chi connectivity index (χ2v) is 5.78. The van der Waals surface area contributed by atoms with Gasteiger partial charge in [0.2, 0.25) is 0 Å². The van der Waals surface area contributed by atoms with Crippen molar-refractivity contribution in [3.63, 3.8) is 0 Å². The molecule has 1 aromatic carbocycles. The third-order valence-corrected chi connectivity index (χ3v) is 3.67. The van der Waals surface area contributed by atoms with Gasteiger partial charge in [0, 0.05) is 6.07 Å². The van der Waals surface area contributed by atoms with Crippen LogP contribution in [0.5, 0.6) is 11.5 Å². The van der Waals surface area contributed by atoms with E-state index < -0.39 is 0 Å². The first-order valence-electron chi connectivity index (χ1n) is 7.29. The molecule has 1 fully saturated rings. The minimum Gasteiger partial charge on any atom is -0.490 e. The number of rotatable bonds is 4. The van der Waals surface area contributed by atoms with Gasteiger partial charge in [-0.2, -0.15) is 0 Å². The van der Waals surface area contributed by atoms with Gasteiger partial charge in [-0.05, 0) is 51.2 Å². The Hall–Kier alpha value is -1.38. The van der Waals surface area contributed by atoms with Crippen LogP contribution >= 0.6 is 0 Å². The molecule has 0 aliphatic heterocycles. The lowest BCUT2D eigenvalue weighted by molar-refractivity contribution is 0.102. The van der Waals surface area contributed by atoms with Crippen molar-refractivity contribution in [2.75, 3.05) is 5.73 Å². The maximum atomic E-state index is 6.11. The zero-order valence-electron chi connectivity index (χ0n) is 12.2. The molecule has 1 aliphatic carbocycles. The molecule has 0 aromatic heterocycles. The first-order chi connectivity index (χ1) is 9.06. The zero-order chi connectivity index (χ0) is 13.8. The molecule has 1 saturated carbocycles. The average Bonchev–Trinajstić information content (AvgIpc) is 2.35. The van der Waals surface area contributed by atoms with Crippen molar-refractivity contribution in [2.45, 2.75) is 58.7 Å². The Balaban J connectivity index is 2.07. The lowest BCUT2D eigenvalue weighted by atomic mass is 9.88. The Morgan fingerprint density at radius 2 is 1.95 bits per heavy atom. The van der Waals surface area contributed by atoms with Crippen LogP contribution in [0.25, 0.3) is 0 Å². The van der Waals surface area contributed by atoms with Crippen LogP contribution < -0.4 is 15.2 Å². The highest BCUT2D eigenvalue weighted by Crippen LogP contribution is 2.32. The van der Waals surface area contributed by atoms with Gasteiger partial charge in [-0.25, -0.2) is 0 Å². The Labute approximate surface area is 116 Å². The fourth-order valence-corrected chi connectivity index (χ4v) is 2.58. The SMILES string of the molecule is CC(C)Oc1cc(OC2CCCCC2C)ccc1N. The molecular formula is C16H25NO2. The van der Waals surface area contributed by atoms with Gasteiger partial charge in [0.1, 0.15) is 17.6 Å². The Kier molecular flexibility index (Phi) is 4.56. The first kappa shape index (κ1) is 14.0. The highest BCUT2D eigenvalue weighted by molar-refractivity contribution is 5.55. The maximum absolute atomic E-state index is 6.11. The van der Waals surface area contributed by atoms with Crippen molar-refractivity contribution in [3.05, 3.63) is 18.2 Å². The first-order valence-corrected chi connectivity index (χ1v) is 7.29. The van der Waals surface area contributed by atoms with E-state index in [1.807, 2.05) is 32.0 Å². The third-order valence-electron chi connectivity index (χ3n) is 3.67. The number of nitrogens with two attached hydrogens (primary N) is 1. The van der Waals surface area contributed by atoms with Crippen LogP contribution in [0.2, 0.25) is 0 Å². The molecule has 0 amide bonds. The van der Waals surface area contributed by atoms with E-state index in [-0.39, 0.29) is 6.10 Å². The lowest BCUT2D eigenvalue weighted by Gasteiger charge is -2.29. The van der Waals surface area contributed by atoms with Crippen molar-refractivity contribution < 1.29 is 9.47 Å². The van der Waals surface area contributed by atoms with Crippen LogP contribution in [0.15, 0.2) is 18.2 Å². The van der Waals surface area contributed by atoms with Gasteiger partial charge in [-0.1, -0.05) is 13.3 Å². The van der Waals surface area contributed by atoms with E-state index in [1.54, 1.807) is 0 Å². The smallest absolute Gasteiger partial charge is 0.146 e. The fourth-order valence-electron chi connectivity index (χ4n) is 2.58. The number of benzene rings is 1. The van der Waals surface area contributed by atoms with Crippen molar-refractivity contribution >= 4 is 5.69 Å². The minimum atomic E-state index is 0.117. The van der Waals surface area contributed by atoms with Crippen LogP contribution in [0.1, 0.15) is 46.5 Å². The van der Waals surface area contributed by atoms with Crippen LogP contribution in [-0.2, 0) is 0 Å². The third kappa shape index (κ3) is 3.79. The highest BCUT2D eigenvalue weighted by atomic mass is 16.5. The second-order valence-electron chi connectivity index (χ2n) is 5.78. The largest absolute Gasteiger partial charge is 0.490 e. The molecular weight excluding hydrogens is 238 g/mol. The van der Waals surface area contributed by atoms with Crippen molar-refractivity contribution in [1.82, 2.24) is 0 Å². The maximum Gasteiger partial charge on any atom is 0.146 e. The number of hydrogen-bond donors (Lipinski definition) is 1. The van der Waals surface area contributed by atoms with Gasteiger partial charge < -0.3 is 15.2 Å². The molecule has 2 atom stereocenters. The molecule has 2 N–H and O–H groups in total. The van der Waals surface area contributed by atoms with Gasteiger partial charge in [-0.3, -0.25) is 0 Å². The van der Waals surface area contributed by atoms with Crippen molar-refractivity contribution in [1.29, 1.82) is 0 Å². The Morgan fingerprint density at radius 3 is 2.63 bits per heavy atom. The molecule has 0 heterocycles. The van der Waals surface area contributed by atoms with Gasteiger partial charge in [-0.15, -0.1) is 0 Å². The summed E-state index contributed by atoms with van der Waals surface area (Å²) >= 11 is 0. The highest BCUT2D eigenvalue weighted by Gasteiger charge is 2.23. The van der Waals surface area contributed by atoms with Gasteiger partial charge in [0.25, 0.3) is 0 Å². The van der Waals surface area contributed by atoms with E-state index in [0.717, 1.165) is 17.9 Å². The number of anilines is 1. The van der Waals surface area contributed by atoms with Gasteiger partial charge in [0.15, 0.2) is 0 Å². The molecule has 0 bridgehead atoms. The van der Waals surface area contributed by atoms with E-state index in [0.29, 0.717) is 17.7 Å². The summed E-state index contributed by atoms with van der Waals surface area (Å²) < 4.78 is 11.8. The molecule has 3 heteroatoms. The van der Waals surface area contributed by atoms with E-state index >= 15 is 0 Å². The summed E-state index contributed by atoms with van der Waals surface area (Å²) in [5, 5.41) is 0. The average molecular weight is 263 g/mol. The van der Waals surface area contributed by atoms with Crippen LogP contribution in [0.4, 0.5) is 5.69 Å². The molecule has 1 aliphatic rings. The molecule has 0 radical (unpaired) electrons. The standard InChI is InChI=1S/C16H25NO2/c1-11(2)18-16-10-13(8-9-14(16)17)19-15-7-5-4-6-12(15)3/h8-12,15H,4-7,17H2,1-3H3. The van der Waals surface area contributed by atoms with Crippen LogP contribution in [-0.4, -0.2) is 12.2 Å². The lowest BCUT2D eigenvalue weighted by Crippen LogP contribution is -2.28. The van der Waals surface area contributed by atoms with E-state index in [2.05, 4.69) is 6.92 Å². The predicted molar refractivity (Wildman–Crippen MR) is 78.7 cm³/mol. The van der Waals surface area contributed by atoms with E-state index in [9.17, 15) is 0 Å². The summed E-state index contributed by atoms with van der Waals surface area (Å²) in [5.41, 5.74) is 6.58. The molecule has 2 unspecified atom stereocenters. The zero-order valence-corrected chi connectivity index (χ0v) is 12.2. The summed E-state index contributed by atoms with van der Waals surface area (Å²) in [6.07, 6.45) is 5.43. The monoisotopic (exact) mass is 263 g/mol. The van der Waals surface area contributed by atoms with E-state index in [1.165, 1.54) is 19.3 Å². The molecule has 2 rings (SSSR count). The summed E-state index contributed by atoms with van der Waals surface area (Å²) in [6, 6.07) is 5.71. The summed E-state index contributed by atoms with van der Waals surface area (Å²) in [4.78, 5) is 0. The molecule has 0 spiro atoms. The van der Waals surface area contributed by atoms with Crippen molar-refractivity contribution in [3.8, 4) is 11.5 Å². The summed E-state index contributed by atoms with van der Waals surface area (Å²) in [5.74, 6) is 2.21. The summed E-state index contributed by atoms with van der Waals surface area (Å²) in [6.45, 7) is 6.26. The molecule has 1 aromatic rings. The van der Waals surface area contributed by atoms with E-state index in [4.69, 9.17) is 15.2 Å². The number of hydrogen-bond acceptors (Lipinski definition) is 3. The van der Waals surface area contributed by atoms with Crippen LogP contribution in [0, 0.1) is 5.92 Å². The normalized spacial score (nSPS) is 23.4. The van der Waals surface area contributed by atoms with Gasteiger partial charge in [0.05, 0.1) is 11.8 Å². The topological polar surface area (TPSA) is 44.5 Å². The van der Waals surface area contributed by atoms with Crippen molar-refractivity contribution in [2.24, 2.45) is 5.92 Å². The molecule has 19 heavy (non-hydrogen) atoms. The second kappa shape index (κ2) is 6.18. The summed E-state index contributed by atoms with van der Waals surface area (Å²) in [7, 11) is 0. The molecule has 106 valence electrons. The molecule has 3 nitrogen and oxygen atoms in total. The quantitative estimate of drug-likeness (QED) is 0.835.